The van der Waals surface area contributed by atoms with E-state index >= 15 is 0 Å². The molecule has 0 N–H and O–H groups in total. The average molecular weight is 916 g/mol. The van der Waals surface area contributed by atoms with Gasteiger partial charge in [0.05, 0.1) is 0 Å². The van der Waals surface area contributed by atoms with Crippen LogP contribution in [0.1, 0.15) is 27.7 Å². The fraction of sp³-hybridized carbons (Fsp3) is 0.250. The van der Waals surface area contributed by atoms with Crippen molar-refractivity contribution in [2.75, 3.05) is 26.4 Å². The van der Waals surface area contributed by atoms with E-state index < -0.39 is 32.8 Å². The molecule has 0 saturated heterocycles. The Morgan fingerprint density at radius 1 is 0.390 bits per heavy atom. The molecule has 4 rings (SSSR count). The van der Waals surface area contributed by atoms with Crippen LogP contribution >= 0.6 is 25.5 Å². The van der Waals surface area contributed by atoms with Crippen molar-refractivity contribution in [3.63, 3.8) is 0 Å². The van der Waals surface area contributed by atoms with E-state index in [0.717, 1.165) is 37.4 Å². The second-order valence-electron chi connectivity index (χ2n) is 8.66. The normalized spacial score (nSPS) is 12.4. The van der Waals surface area contributed by atoms with E-state index in [2.05, 4.69) is 74.0 Å². The molecule has 0 heterocycles. The Hall–Kier alpha value is -1.42. The molecule has 0 aromatic heterocycles. The van der Waals surface area contributed by atoms with Crippen LogP contribution in [-0.2, 0) is 1.47 Å². The molecule has 0 aliphatic rings. The quantitative estimate of drug-likeness (QED) is 0.148. The summed E-state index contributed by atoms with van der Waals surface area (Å²) in [6.07, 6.45) is 0. The summed E-state index contributed by atoms with van der Waals surface area (Å²) in [6.45, 7) is 10.4. The van der Waals surface area contributed by atoms with Crippen molar-refractivity contribution in [2.45, 2.75) is 27.7 Å². The summed E-state index contributed by atoms with van der Waals surface area (Å²) >= 11 is 1.17. The Morgan fingerprint density at radius 3 is 0.756 bits per heavy atom. The molecule has 220 valence electrons. The van der Waals surface area contributed by atoms with E-state index in [0.29, 0.717) is 26.4 Å². The molecular weight excluding hydrogens is 879 g/mol. The average Bonchev–Trinajstić information content (AvgIpc) is 2.99. The molecule has 0 saturated carbocycles. The van der Waals surface area contributed by atoms with Gasteiger partial charge >= 0.3 is 267 Å². The zero-order chi connectivity index (χ0) is 29.3. The van der Waals surface area contributed by atoms with Gasteiger partial charge in [-0.3, -0.25) is 0 Å². The van der Waals surface area contributed by atoms with Gasteiger partial charge in [0.1, 0.15) is 0 Å². The van der Waals surface area contributed by atoms with Gasteiger partial charge in [-0.2, -0.15) is 0 Å². The maximum atomic E-state index is 7.62. The standard InChI is InChI=1S/C32H36Br2O5Te2/c1-5-35-25-9-17-29(18-10-25)40(33,30-19-11-26(12-20-30)36-6-2)39-41(34,31-21-13-27(14-22-31)37-7-3)32-23-15-28(16-24-32)38-8-4/h9-24H,5-8H2,1-4H3. The third-order valence-corrected chi connectivity index (χ3v) is 44.0. The van der Waals surface area contributed by atoms with Crippen molar-refractivity contribution in [3.8, 4) is 23.0 Å². The van der Waals surface area contributed by atoms with Crippen molar-refractivity contribution in [3.05, 3.63) is 97.1 Å². The monoisotopic (exact) mass is 918 g/mol. The van der Waals surface area contributed by atoms with Gasteiger partial charge in [-0.1, -0.05) is 0 Å². The van der Waals surface area contributed by atoms with Crippen molar-refractivity contribution >= 4 is 72.7 Å². The Morgan fingerprint density at radius 2 is 0.585 bits per heavy atom. The molecule has 0 aliphatic heterocycles. The van der Waals surface area contributed by atoms with Gasteiger partial charge in [-0.25, -0.2) is 0 Å². The minimum absolute atomic E-state index is 0.616. The van der Waals surface area contributed by atoms with Crippen LogP contribution in [-0.4, -0.2) is 59.2 Å². The van der Waals surface area contributed by atoms with Gasteiger partial charge in [-0.05, 0) is 0 Å². The zero-order valence-corrected chi connectivity index (χ0v) is 31.5. The van der Waals surface area contributed by atoms with Gasteiger partial charge < -0.3 is 0 Å². The number of halogens is 2. The van der Waals surface area contributed by atoms with Crippen LogP contribution < -0.4 is 33.4 Å². The molecule has 4 aromatic rings. The van der Waals surface area contributed by atoms with E-state index in [1.165, 1.54) is 0 Å². The Bertz CT molecular complexity index is 1160. The molecule has 0 radical (unpaired) electrons. The van der Waals surface area contributed by atoms with Crippen LogP contribution in [0.5, 0.6) is 23.0 Å². The molecule has 4 aromatic carbocycles. The molecule has 0 amide bonds. The van der Waals surface area contributed by atoms with Crippen LogP contribution in [0.3, 0.4) is 0 Å². The third-order valence-electron chi connectivity index (χ3n) is 5.94. The van der Waals surface area contributed by atoms with Gasteiger partial charge in [0.15, 0.2) is 0 Å². The molecule has 0 unspecified atom stereocenters. The van der Waals surface area contributed by atoms with Gasteiger partial charge in [-0.15, -0.1) is 0 Å². The number of hydrogen-bond acceptors (Lipinski definition) is 5. The molecule has 0 aliphatic carbocycles. The molecule has 41 heavy (non-hydrogen) atoms. The van der Waals surface area contributed by atoms with Crippen molar-refractivity contribution < 1.29 is 20.4 Å². The minimum atomic E-state index is -3.71. The first-order chi connectivity index (χ1) is 19.9. The van der Waals surface area contributed by atoms with Gasteiger partial charge in [0, 0.05) is 0 Å². The summed E-state index contributed by atoms with van der Waals surface area (Å²) in [6, 6.07) is 33.2. The first-order valence-electron chi connectivity index (χ1n) is 13.5. The predicted octanol–water partition coefficient (Wildman–Crippen LogP) is 5.90. The SMILES string of the molecule is CCOc1ccc([Te](Br)(O[Te](Br)(c2ccc(OCC)cc2)c2ccc(OCC)cc2)c2ccc(OCC)cc2)cc1. The topological polar surface area (TPSA) is 46.2 Å². The fourth-order valence-corrected chi connectivity index (χ4v) is 50.6. The zero-order valence-electron chi connectivity index (χ0n) is 23.7. The summed E-state index contributed by atoms with van der Waals surface area (Å²) < 4.78 is 35.1. The van der Waals surface area contributed by atoms with E-state index in [-0.39, 0.29) is 0 Å². The summed E-state index contributed by atoms with van der Waals surface area (Å²) in [5.74, 6) is 3.35. The van der Waals surface area contributed by atoms with Crippen LogP contribution in [0.4, 0.5) is 0 Å². The van der Waals surface area contributed by atoms with Crippen LogP contribution in [0.25, 0.3) is 0 Å². The fourth-order valence-electron chi connectivity index (χ4n) is 4.07. The second-order valence-corrected chi connectivity index (χ2v) is 34.8. The van der Waals surface area contributed by atoms with E-state index in [9.17, 15) is 0 Å². The summed E-state index contributed by atoms with van der Waals surface area (Å²) in [7, 11) is 0. The van der Waals surface area contributed by atoms with E-state index in [1.54, 1.807) is 0 Å². The molecule has 0 fully saturated rings. The summed E-state index contributed by atoms with van der Waals surface area (Å²) in [5, 5.41) is 0. The van der Waals surface area contributed by atoms with Crippen LogP contribution in [0.2, 0.25) is 0 Å². The second kappa shape index (κ2) is 15.3. The van der Waals surface area contributed by atoms with E-state index in [1.807, 2.05) is 76.2 Å². The molecule has 0 bridgehead atoms. The number of ether oxygens (including phenoxy) is 4. The molecular formula is C32H36Br2O5Te2. The molecule has 5 nitrogen and oxygen atoms in total. The van der Waals surface area contributed by atoms with Crippen LogP contribution in [0.15, 0.2) is 97.1 Å². The number of rotatable bonds is 14. The molecule has 0 spiro atoms. The first-order valence-corrected chi connectivity index (χ1v) is 30.6. The summed E-state index contributed by atoms with van der Waals surface area (Å²) in [5.41, 5.74) is 0. The molecule has 9 heteroatoms. The Labute approximate surface area is 264 Å². The number of hydrogen-bond donors (Lipinski definition) is 0. The van der Waals surface area contributed by atoms with Gasteiger partial charge in [0.25, 0.3) is 0 Å². The van der Waals surface area contributed by atoms with E-state index in [4.69, 9.17) is 20.4 Å². The summed E-state index contributed by atoms with van der Waals surface area (Å²) in [4.78, 5) is 0. The van der Waals surface area contributed by atoms with Gasteiger partial charge in [0.2, 0.25) is 0 Å². The first kappa shape index (κ1) is 32.5. The third kappa shape index (κ3) is 7.95. The Balaban J connectivity index is 1.86. The molecule has 0 atom stereocenters. The Kier molecular flexibility index (Phi) is 12.2. The number of benzene rings is 4. The van der Waals surface area contributed by atoms with Crippen molar-refractivity contribution in [2.24, 2.45) is 0 Å². The maximum absolute atomic E-state index is 7.62. The van der Waals surface area contributed by atoms with Crippen LogP contribution in [0, 0.1) is 0 Å². The van der Waals surface area contributed by atoms with Crippen molar-refractivity contribution in [1.29, 1.82) is 0 Å². The predicted molar refractivity (Wildman–Crippen MR) is 179 cm³/mol. The van der Waals surface area contributed by atoms with Crippen molar-refractivity contribution in [1.82, 2.24) is 0 Å².